The minimum Gasteiger partial charge on any atom is -0.393 e. The molecule has 8 unspecified atom stereocenters. The van der Waals surface area contributed by atoms with Crippen LogP contribution in [0.1, 0.15) is 90.9 Å². The normalized spacial score (nSPS) is 55.7. The second kappa shape index (κ2) is 6.95. The molecular formula is C25H42O3. The summed E-state index contributed by atoms with van der Waals surface area (Å²) in [5.41, 5.74) is 1.51. The fourth-order valence-electron chi connectivity index (χ4n) is 9.56. The number of hydrogen-bond acceptors (Lipinski definition) is 3. The maximum Gasteiger partial charge on any atom is 0.146 e. The number of aliphatic hydroxyl groups is 1. The Labute approximate surface area is 171 Å². The Balaban J connectivity index is 1.37. The fraction of sp³-hybridized carbons (Fsp3) is 1.00. The summed E-state index contributed by atoms with van der Waals surface area (Å²) < 4.78 is 11.2. The highest BCUT2D eigenvalue weighted by Gasteiger charge is 2.64. The lowest BCUT2D eigenvalue weighted by molar-refractivity contribution is -0.194. The molecule has 9 atom stereocenters. The zero-order chi connectivity index (χ0) is 19.6. The van der Waals surface area contributed by atoms with Crippen LogP contribution >= 0.6 is 0 Å². The molecule has 28 heavy (non-hydrogen) atoms. The molecule has 1 spiro atoms. The van der Waals surface area contributed by atoms with Crippen LogP contribution in [0.2, 0.25) is 0 Å². The zero-order valence-corrected chi connectivity index (χ0v) is 18.4. The molecule has 3 heteroatoms. The summed E-state index contributed by atoms with van der Waals surface area (Å²) >= 11 is 0. The molecule has 3 nitrogen and oxygen atoms in total. The Morgan fingerprint density at radius 1 is 0.893 bits per heavy atom. The van der Waals surface area contributed by atoms with Crippen LogP contribution in [0, 0.1) is 39.9 Å². The summed E-state index contributed by atoms with van der Waals surface area (Å²) in [5, 5.41) is 10.3. The topological polar surface area (TPSA) is 38.7 Å². The summed E-state index contributed by atoms with van der Waals surface area (Å²) in [6.07, 6.45) is 16.2. The largest absolute Gasteiger partial charge is 0.393 e. The molecular weight excluding hydrogens is 348 g/mol. The zero-order valence-electron chi connectivity index (χ0n) is 18.4. The van der Waals surface area contributed by atoms with Gasteiger partial charge in [-0.3, -0.25) is 0 Å². The van der Waals surface area contributed by atoms with Crippen LogP contribution < -0.4 is 0 Å². The first-order valence-corrected chi connectivity index (χ1v) is 12.2. The van der Waals surface area contributed by atoms with Gasteiger partial charge in [0.2, 0.25) is 0 Å². The first-order valence-electron chi connectivity index (χ1n) is 12.2. The molecule has 5 aliphatic carbocycles. The minimum atomic E-state index is -0.0124. The van der Waals surface area contributed by atoms with E-state index in [2.05, 4.69) is 13.8 Å². The SMILES string of the molecule is COCO[C@@H]1CCC2(C)C3CCC45CCC(O)CC4CCC5C3CCC2(C)C1. The van der Waals surface area contributed by atoms with E-state index in [1.807, 2.05) is 0 Å². The van der Waals surface area contributed by atoms with E-state index in [0.29, 0.717) is 29.1 Å². The highest BCUT2D eigenvalue weighted by atomic mass is 16.7. The van der Waals surface area contributed by atoms with Gasteiger partial charge in [0.1, 0.15) is 6.79 Å². The van der Waals surface area contributed by atoms with Gasteiger partial charge in [0.15, 0.2) is 0 Å². The molecule has 160 valence electrons. The van der Waals surface area contributed by atoms with Crippen LogP contribution in [0.5, 0.6) is 0 Å². The smallest absolute Gasteiger partial charge is 0.146 e. The van der Waals surface area contributed by atoms with Crippen molar-refractivity contribution in [3.8, 4) is 0 Å². The second-order valence-corrected chi connectivity index (χ2v) is 11.8. The summed E-state index contributed by atoms with van der Waals surface area (Å²) in [5.74, 6) is 3.63. The maximum atomic E-state index is 10.3. The Hall–Kier alpha value is -0.120. The van der Waals surface area contributed by atoms with E-state index in [1.54, 1.807) is 7.11 Å². The predicted octanol–water partition coefficient (Wildman–Crippen LogP) is 5.55. The van der Waals surface area contributed by atoms with E-state index in [4.69, 9.17) is 9.47 Å². The molecule has 5 fully saturated rings. The number of ether oxygens (including phenoxy) is 2. The molecule has 5 aliphatic rings. The maximum absolute atomic E-state index is 10.3. The Morgan fingerprint density at radius 2 is 1.71 bits per heavy atom. The molecule has 0 heterocycles. The molecule has 0 aromatic rings. The van der Waals surface area contributed by atoms with Gasteiger partial charge in [-0.25, -0.2) is 0 Å². The van der Waals surface area contributed by atoms with Gasteiger partial charge in [-0.15, -0.1) is 0 Å². The molecule has 5 rings (SSSR count). The van der Waals surface area contributed by atoms with Crippen molar-refractivity contribution in [2.24, 2.45) is 39.9 Å². The predicted molar refractivity (Wildman–Crippen MR) is 111 cm³/mol. The number of aliphatic hydroxyl groups excluding tert-OH is 1. The van der Waals surface area contributed by atoms with Crippen molar-refractivity contribution in [1.29, 1.82) is 0 Å². The summed E-state index contributed by atoms with van der Waals surface area (Å²) in [6.45, 7) is 5.69. The summed E-state index contributed by atoms with van der Waals surface area (Å²) in [4.78, 5) is 0. The van der Waals surface area contributed by atoms with Gasteiger partial charge in [-0.1, -0.05) is 13.8 Å². The third kappa shape index (κ3) is 2.71. The first-order chi connectivity index (χ1) is 13.4. The highest BCUT2D eigenvalue weighted by Crippen LogP contribution is 2.72. The Kier molecular flexibility index (Phi) is 4.92. The second-order valence-electron chi connectivity index (χ2n) is 11.8. The van der Waals surface area contributed by atoms with Crippen molar-refractivity contribution in [3.63, 3.8) is 0 Å². The van der Waals surface area contributed by atoms with Crippen LogP contribution in [0.4, 0.5) is 0 Å². The van der Waals surface area contributed by atoms with E-state index >= 15 is 0 Å². The molecule has 0 bridgehead atoms. The molecule has 0 amide bonds. The molecule has 1 N–H and O–H groups in total. The average molecular weight is 391 g/mol. The lowest BCUT2D eigenvalue weighted by Gasteiger charge is -2.66. The molecule has 0 aromatic heterocycles. The standard InChI is InChI=1S/C25H42O3/c1-23-10-8-20-21(24(23,2)11-7-19(15-23)28-16-27-3)9-13-25-12-6-18(26)14-17(25)4-5-22(20)25/h17-22,26H,4-16H2,1-3H3/t17?,18?,19-,20?,21?,22?,23?,24?,25?/m1/s1. The van der Waals surface area contributed by atoms with E-state index in [9.17, 15) is 5.11 Å². The molecule has 0 radical (unpaired) electrons. The lowest BCUT2D eigenvalue weighted by atomic mass is 9.39. The minimum absolute atomic E-state index is 0.0124. The molecule has 0 aromatic carbocycles. The Bertz CT molecular complexity index is 592. The lowest BCUT2D eigenvalue weighted by Crippen LogP contribution is -2.59. The van der Waals surface area contributed by atoms with Crippen LogP contribution in [0.25, 0.3) is 0 Å². The van der Waals surface area contributed by atoms with E-state index < -0.39 is 0 Å². The van der Waals surface area contributed by atoms with Crippen molar-refractivity contribution in [3.05, 3.63) is 0 Å². The van der Waals surface area contributed by atoms with Crippen molar-refractivity contribution >= 4 is 0 Å². The first kappa shape index (κ1) is 19.8. The van der Waals surface area contributed by atoms with E-state index in [-0.39, 0.29) is 6.10 Å². The van der Waals surface area contributed by atoms with Crippen LogP contribution in [0.3, 0.4) is 0 Å². The third-order valence-electron chi connectivity index (χ3n) is 11.1. The van der Waals surface area contributed by atoms with E-state index in [0.717, 1.165) is 36.5 Å². The van der Waals surface area contributed by atoms with E-state index in [1.165, 1.54) is 64.2 Å². The molecule has 0 saturated heterocycles. The van der Waals surface area contributed by atoms with Gasteiger partial charge in [0.05, 0.1) is 12.2 Å². The van der Waals surface area contributed by atoms with Crippen molar-refractivity contribution in [2.75, 3.05) is 13.9 Å². The fourth-order valence-corrected chi connectivity index (χ4v) is 9.56. The van der Waals surface area contributed by atoms with Crippen molar-refractivity contribution < 1.29 is 14.6 Å². The Morgan fingerprint density at radius 3 is 2.54 bits per heavy atom. The van der Waals surface area contributed by atoms with Crippen LogP contribution in [0.15, 0.2) is 0 Å². The van der Waals surface area contributed by atoms with Crippen molar-refractivity contribution in [1.82, 2.24) is 0 Å². The van der Waals surface area contributed by atoms with Crippen LogP contribution in [-0.4, -0.2) is 31.2 Å². The van der Waals surface area contributed by atoms with Gasteiger partial charge in [-0.2, -0.15) is 0 Å². The van der Waals surface area contributed by atoms with Gasteiger partial charge >= 0.3 is 0 Å². The third-order valence-corrected chi connectivity index (χ3v) is 11.1. The van der Waals surface area contributed by atoms with Gasteiger partial charge in [0.25, 0.3) is 0 Å². The number of rotatable bonds is 3. The highest BCUT2D eigenvalue weighted by molar-refractivity contribution is 5.14. The summed E-state index contributed by atoms with van der Waals surface area (Å²) in [6, 6.07) is 0. The van der Waals surface area contributed by atoms with Crippen LogP contribution in [-0.2, 0) is 9.47 Å². The average Bonchev–Trinajstić information content (AvgIpc) is 3.06. The monoisotopic (exact) mass is 390 g/mol. The number of fused-ring (bicyclic) bond motifs is 4. The van der Waals surface area contributed by atoms with Gasteiger partial charge in [0, 0.05) is 7.11 Å². The van der Waals surface area contributed by atoms with Gasteiger partial charge in [-0.05, 0) is 117 Å². The quantitative estimate of drug-likeness (QED) is 0.642. The molecule has 0 aliphatic heterocycles. The molecule has 5 saturated carbocycles. The summed E-state index contributed by atoms with van der Waals surface area (Å²) in [7, 11) is 1.73. The van der Waals surface area contributed by atoms with Gasteiger partial charge < -0.3 is 14.6 Å². The number of hydrogen-bond donors (Lipinski definition) is 1. The number of methoxy groups -OCH3 is 1. The van der Waals surface area contributed by atoms with Crippen molar-refractivity contribution in [2.45, 2.75) is 103 Å².